The van der Waals surface area contributed by atoms with E-state index in [0.29, 0.717) is 12.1 Å². The van der Waals surface area contributed by atoms with Gasteiger partial charge in [0.2, 0.25) is 0 Å². The van der Waals surface area contributed by atoms with Gasteiger partial charge in [-0.05, 0) is 26.0 Å². The Balaban J connectivity index is 2.06. The molecule has 0 fully saturated rings. The van der Waals surface area contributed by atoms with E-state index < -0.39 is 0 Å². The fourth-order valence-corrected chi connectivity index (χ4v) is 2.06. The molecule has 0 aliphatic heterocycles. The summed E-state index contributed by atoms with van der Waals surface area (Å²) in [5, 5.41) is 13.0. The topological polar surface area (TPSA) is 32.3 Å². The number of phenolic OH excluding ortho intramolecular Hbond substituents is 1. The second-order valence-corrected chi connectivity index (χ2v) is 4.76. The van der Waals surface area contributed by atoms with Crippen molar-refractivity contribution in [1.29, 1.82) is 0 Å². The van der Waals surface area contributed by atoms with Gasteiger partial charge in [-0.25, -0.2) is 4.39 Å². The summed E-state index contributed by atoms with van der Waals surface area (Å²) < 4.78 is 13.6. The lowest BCUT2D eigenvalue weighted by Gasteiger charge is -2.15. The molecule has 3 heteroatoms. The van der Waals surface area contributed by atoms with Crippen molar-refractivity contribution in [3.8, 4) is 5.75 Å². The standard InChI is InChI=1S/C16H18FNO/c1-11-7-8-16(19)13(9-11)10-18-12(2)14-5-3-4-6-15(14)17/h3-9,12,18-19H,10H2,1-2H3/t12-/m1/s1. The van der Waals surface area contributed by atoms with Crippen LogP contribution < -0.4 is 5.32 Å². The van der Waals surface area contributed by atoms with Crippen LogP contribution in [0.3, 0.4) is 0 Å². The summed E-state index contributed by atoms with van der Waals surface area (Å²) in [5.74, 6) is 0.0507. The van der Waals surface area contributed by atoms with Crippen LogP contribution in [0.2, 0.25) is 0 Å². The van der Waals surface area contributed by atoms with Crippen molar-refractivity contribution >= 4 is 0 Å². The van der Waals surface area contributed by atoms with Crippen molar-refractivity contribution in [2.45, 2.75) is 26.4 Å². The third-order valence-electron chi connectivity index (χ3n) is 3.21. The molecule has 0 aliphatic carbocycles. The van der Waals surface area contributed by atoms with E-state index in [1.54, 1.807) is 18.2 Å². The smallest absolute Gasteiger partial charge is 0.127 e. The van der Waals surface area contributed by atoms with Gasteiger partial charge < -0.3 is 10.4 Å². The van der Waals surface area contributed by atoms with Gasteiger partial charge in [-0.2, -0.15) is 0 Å². The zero-order chi connectivity index (χ0) is 13.8. The summed E-state index contributed by atoms with van der Waals surface area (Å²) in [5.41, 5.74) is 2.55. The highest BCUT2D eigenvalue weighted by atomic mass is 19.1. The molecule has 2 N–H and O–H groups in total. The number of aromatic hydroxyl groups is 1. The SMILES string of the molecule is Cc1ccc(O)c(CN[C@H](C)c2ccccc2F)c1. The van der Waals surface area contributed by atoms with Crippen molar-refractivity contribution < 1.29 is 9.50 Å². The molecule has 0 saturated heterocycles. The second kappa shape index (κ2) is 5.85. The number of halogens is 1. The van der Waals surface area contributed by atoms with Crippen LogP contribution in [0.15, 0.2) is 42.5 Å². The van der Waals surface area contributed by atoms with Crippen LogP contribution in [0, 0.1) is 12.7 Å². The van der Waals surface area contributed by atoms with Gasteiger partial charge in [0, 0.05) is 23.7 Å². The lowest BCUT2D eigenvalue weighted by Crippen LogP contribution is -2.19. The molecule has 0 saturated carbocycles. The summed E-state index contributed by atoms with van der Waals surface area (Å²) in [6.45, 7) is 4.39. The van der Waals surface area contributed by atoms with E-state index in [0.717, 1.165) is 11.1 Å². The Labute approximate surface area is 112 Å². The van der Waals surface area contributed by atoms with E-state index in [1.165, 1.54) is 6.07 Å². The quantitative estimate of drug-likeness (QED) is 0.877. The molecule has 19 heavy (non-hydrogen) atoms. The molecule has 0 aliphatic rings. The van der Waals surface area contributed by atoms with Crippen molar-refractivity contribution in [3.63, 3.8) is 0 Å². The molecule has 0 heterocycles. The number of phenols is 1. The molecule has 0 amide bonds. The van der Waals surface area contributed by atoms with E-state index in [2.05, 4.69) is 5.32 Å². The average Bonchev–Trinajstić information content (AvgIpc) is 2.40. The molecule has 2 aromatic rings. The van der Waals surface area contributed by atoms with Crippen molar-refractivity contribution in [2.24, 2.45) is 0 Å². The Morgan fingerprint density at radius 1 is 1.21 bits per heavy atom. The number of nitrogens with one attached hydrogen (secondary N) is 1. The van der Waals surface area contributed by atoms with Gasteiger partial charge in [0.1, 0.15) is 11.6 Å². The minimum atomic E-state index is -0.212. The first kappa shape index (κ1) is 13.6. The highest BCUT2D eigenvalue weighted by Gasteiger charge is 2.10. The fourth-order valence-electron chi connectivity index (χ4n) is 2.06. The van der Waals surface area contributed by atoms with Crippen LogP contribution in [0.1, 0.15) is 29.7 Å². The lowest BCUT2D eigenvalue weighted by molar-refractivity contribution is 0.458. The molecular weight excluding hydrogens is 241 g/mol. The number of benzene rings is 2. The largest absolute Gasteiger partial charge is 0.508 e. The number of aryl methyl sites for hydroxylation is 1. The molecule has 100 valence electrons. The molecule has 0 radical (unpaired) electrons. The van der Waals surface area contributed by atoms with Crippen molar-refractivity contribution in [2.75, 3.05) is 0 Å². The van der Waals surface area contributed by atoms with Crippen molar-refractivity contribution in [1.82, 2.24) is 5.32 Å². The fraction of sp³-hybridized carbons (Fsp3) is 0.250. The maximum atomic E-state index is 13.6. The predicted octanol–water partition coefficient (Wildman–Crippen LogP) is 3.69. The van der Waals surface area contributed by atoms with Gasteiger partial charge >= 0.3 is 0 Å². The third-order valence-corrected chi connectivity index (χ3v) is 3.21. The maximum Gasteiger partial charge on any atom is 0.127 e. The van der Waals surface area contributed by atoms with E-state index in [-0.39, 0.29) is 17.6 Å². The first-order chi connectivity index (χ1) is 9.08. The van der Waals surface area contributed by atoms with Gasteiger partial charge in [-0.3, -0.25) is 0 Å². The van der Waals surface area contributed by atoms with Gasteiger partial charge in [0.05, 0.1) is 0 Å². The molecule has 2 rings (SSSR count). The van der Waals surface area contributed by atoms with E-state index in [1.807, 2.05) is 32.0 Å². The summed E-state index contributed by atoms with van der Waals surface area (Å²) in [4.78, 5) is 0. The molecule has 2 aromatic carbocycles. The molecule has 1 atom stereocenters. The Hall–Kier alpha value is -1.87. The van der Waals surface area contributed by atoms with E-state index in [9.17, 15) is 9.50 Å². The molecule has 0 bridgehead atoms. The Morgan fingerprint density at radius 2 is 1.95 bits per heavy atom. The Kier molecular flexibility index (Phi) is 4.17. The molecule has 0 unspecified atom stereocenters. The third kappa shape index (κ3) is 3.32. The van der Waals surface area contributed by atoms with Crippen LogP contribution in [-0.4, -0.2) is 5.11 Å². The normalized spacial score (nSPS) is 12.4. The Bertz CT molecular complexity index is 568. The van der Waals surface area contributed by atoms with E-state index in [4.69, 9.17) is 0 Å². The predicted molar refractivity (Wildman–Crippen MR) is 74.5 cm³/mol. The van der Waals surface area contributed by atoms with Gasteiger partial charge in [0.25, 0.3) is 0 Å². The maximum absolute atomic E-state index is 13.6. The van der Waals surface area contributed by atoms with Crippen LogP contribution >= 0.6 is 0 Å². The lowest BCUT2D eigenvalue weighted by atomic mass is 10.1. The first-order valence-corrected chi connectivity index (χ1v) is 6.34. The summed E-state index contributed by atoms with van der Waals surface area (Å²) in [6, 6.07) is 12.1. The van der Waals surface area contributed by atoms with Gasteiger partial charge in [0.15, 0.2) is 0 Å². The van der Waals surface area contributed by atoms with Crippen LogP contribution in [0.5, 0.6) is 5.75 Å². The van der Waals surface area contributed by atoms with Gasteiger partial charge in [-0.1, -0.05) is 35.9 Å². The minimum Gasteiger partial charge on any atom is -0.508 e. The highest BCUT2D eigenvalue weighted by Crippen LogP contribution is 2.20. The number of hydrogen-bond donors (Lipinski definition) is 2. The monoisotopic (exact) mass is 259 g/mol. The summed E-state index contributed by atoms with van der Waals surface area (Å²) >= 11 is 0. The average molecular weight is 259 g/mol. The number of hydrogen-bond acceptors (Lipinski definition) is 2. The molecule has 0 aromatic heterocycles. The molecule has 0 spiro atoms. The zero-order valence-electron chi connectivity index (χ0n) is 11.2. The highest BCUT2D eigenvalue weighted by molar-refractivity contribution is 5.35. The summed E-state index contributed by atoms with van der Waals surface area (Å²) in [7, 11) is 0. The Morgan fingerprint density at radius 3 is 2.68 bits per heavy atom. The minimum absolute atomic E-state index is 0.110. The van der Waals surface area contributed by atoms with E-state index >= 15 is 0 Å². The van der Waals surface area contributed by atoms with Crippen LogP contribution in [0.4, 0.5) is 4.39 Å². The van der Waals surface area contributed by atoms with Crippen LogP contribution in [-0.2, 0) is 6.54 Å². The second-order valence-electron chi connectivity index (χ2n) is 4.76. The molecular formula is C16H18FNO. The van der Waals surface area contributed by atoms with Gasteiger partial charge in [-0.15, -0.1) is 0 Å². The van der Waals surface area contributed by atoms with Crippen LogP contribution in [0.25, 0.3) is 0 Å². The molecule has 2 nitrogen and oxygen atoms in total. The summed E-state index contributed by atoms with van der Waals surface area (Å²) in [6.07, 6.45) is 0. The first-order valence-electron chi connectivity index (χ1n) is 6.34. The number of rotatable bonds is 4. The zero-order valence-corrected chi connectivity index (χ0v) is 11.2. The van der Waals surface area contributed by atoms with Crippen molar-refractivity contribution in [3.05, 3.63) is 65.0 Å².